The minimum absolute atomic E-state index is 0.268. The zero-order valence-electron chi connectivity index (χ0n) is 9.06. The highest BCUT2D eigenvalue weighted by Gasteiger charge is 2.43. The van der Waals surface area contributed by atoms with E-state index in [1.54, 1.807) is 18.8 Å². The molecule has 1 amide bonds. The van der Waals surface area contributed by atoms with Gasteiger partial charge in [-0.2, -0.15) is 5.10 Å². The third-order valence-electron chi connectivity index (χ3n) is 3.09. The fraction of sp³-hybridized carbons (Fsp3) is 0.667. The van der Waals surface area contributed by atoms with Gasteiger partial charge >= 0.3 is 0 Å². The van der Waals surface area contributed by atoms with Crippen molar-refractivity contribution in [2.75, 3.05) is 7.05 Å². The molecule has 1 aliphatic carbocycles. The van der Waals surface area contributed by atoms with Gasteiger partial charge in [-0.15, -0.1) is 0 Å². The fourth-order valence-corrected chi connectivity index (χ4v) is 3.22. The number of aromatic amines is 1. The molecule has 1 heterocycles. The van der Waals surface area contributed by atoms with Crippen molar-refractivity contribution in [1.82, 2.24) is 20.5 Å². The fourth-order valence-electron chi connectivity index (χ4n) is 2.08. The first-order valence-corrected chi connectivity index (χ1v) is 6.05. The summed E-state index contributed by atoms with van der Waals surface area (Å²) in [5, 5.41) is 10.8. The molecule has 0 spiro atoms. The minimum atomic E-state index is -0.544. The Hall–Kier alpha value is -1.08. The molecule has 88 valence electrons. The van der Waals surface area contributed by atoms with Gasteiger partial charge in [-0.25, -0.2) is 4.98 Å². The molecule has 6 nitrogen and oxygen atoms in total. The van der Waals surface area contributed by atoms with Crippen molar-refractivity contribution < 1.29 is 4.79 Å². The second-order valence-corrected chi connectivity index (χ2v) is 5.26. The summed E-state index contributed by atoms with van der Waals surface area (Å²) in [7, 11) is 1.78. The summed E-state index contributed by atoms with van der Waals surface area (Å²) < 4.78 is 0. The van der Waals surface area contributed by atoms with E-state index in [1.807, 2.05) is 0 Å². The van der Waals surface area contributed by atoms with Crippen LogP contribution in [-0.4, -0.2) is 38.9 Å². The van der Waals surface area contributed by atoms with Crippen LogP contribution in [0.4, 0.5) is 0 Å². The van der Waals surface area contributed by atoms with Crippen molar-refractivity contribution >= 4 is 17.7 Å². The molecule has 1 aromatic heterocycles. The topological polar surface area (TPSA) is 96.7 Å². The summed E-state index contributed by atoms with van der Waals surface area (Å²) in [5.74, 6) is -0.268. The maximum absolute atomic E-state index is 11.4. The van der Waals surface area contributed by atoms with Crippen LogP contribution in [0.3, 0.4) is 0 Å². The highest BCUT2D eigenvalue weighted by molar-refractivity contribution is 7.99. The highest BCUT2D eigenvalue weighted by atomic mass is 32.2. The molecule has 0 saturated heterocycles. The van der Waals surface area contributed by atoms with Crippen LogP contribution < -0.4 is 11.1 Å². The van der Waals surface area contributed by atoms with Crippen LogP contribution in [0.1, 0.15) is 19.3 Å². The zero-order valence-corrected chi connectivity index (χ0v) is 9.88. The predicted octanol–water partition coefficient (Wildman–Crippen LogP) is -0.107. The molecule has 0 aliphatic heterocycles. The molecule has 1 aliphatic rings. The number of primary amides is 1. The Kier molecular flexibility index (Phi) is 3.15. The smallest absolute Gasteiger partial charge is 0.237 e. The third-order valence-corrected chi connectivity index (χ3v) is 4.25. The van der Waals surface area contributed by atoms with Crippen molar-refractivity contribution in [3.05, 3.63) is 6.33 Å². The van der Waals surface area contributed by atoms with Crippen LogP contribution in [0, 0.1) is 0 Å². The number of nitrogens with zero attached hydrogens (tertiary/aromatic N) is 2. The second kappa shape index (κ2) is 4.42. The van der Waals surface area contributed by atoms with Crippen LogP contribution in [-0.2, 0) is 4.79 Å². The van der Waals surface area contributed by atoms with E-state index < -0.39 is 5.54 Å². The SMILES string of the molecule is CNC1(C(N)=O)CCC(Sc2ncn[nH]2)C1. The lowest BCUT2D eigenvalue weighted by Gasteiger charge is -2.24. The van der Waals surface area contributed by atoms with Gasteiger partial charge in [0.1, 0.15) is 6.33 Å². The number of carbonyl (C=O) groups excluding carboxylic acids is 1. The number of rotatable bonds is 4. The predicted molar refractivity (Wildman–Crippen MR) is 60.9 cm³/mol. The Morgan fingerprint density at radius 2 is 2.62 bits per heavy atom. The molecule has 7 heteroatoms. The summed E-state index contributed by atoms with van der Waals surface area (Å²) in [5.41, 5.74) is 4.89. The standard InChI is InChI=1S/C9H15N5OS/c1-11-9(7(10)15)3-2-6(4-9)16-8-12-5-13-14-8/h5-6,11H,2-4H2,1H3,(H2,10,15)(H,12,13,14). The van der Waals surface area contributed by atoms with Gasteiger partial charge in [0.25, 0.3) is 0 Å². The molecule has 0 radical (unpaired) electrons. The molecular weight excluding hydrogens is 226 g/mol. The summed E-state index contributed by atoms with van der Waals surface area (Å²) in [6.45, 7) is 0. The van der Waals surface area contributed by atoms with Crippen LogP contribution in [0.15, 0.2) is 11.5 Å². The number of hydrogen-bond acceptors (Lipinski definition) is 5. The van der Waals surface area contributed by atoms with Crippen LogP contribution in [0.5, 0.6) is 0 Å². The van der Waals surface area contributed by atoms with Gasteiger partial charge in [0.15, 0.2) is 5.16 Å². The Labute approximate surface area is 97.8 Å². The Balaban J connectivity index is 1.99. The van der Waals surface area contributed by atoms with E-state index in [-0.39, 0.29) is 5.91 Å². The van der Waals surface area contributed by atoms with E-state index in [1.165, 1.54) is 6.33 Å². The van der Waals surface area contributed by atoms with Gasteiger partial charge in [0.2, 0.25) is 5.91 Å². The number of thioether (sulfide) groups is 1. The molecule has 2 atom stereocenters. The van der Waals surface area contributed by atoms with Gasteiger partial charge in [-0.05, 0) is 26.3 Å². The van der Waals surface area contributed by atoms with Gasteiger partial charge in [0, 0.05) is 5.25 Å². The van der Waals surface area contributed by atoms with Crippen LogP contribution in [0.25, 0.3) is 0 Å². The van der Waals surface area contributed by atoms with Crippen LogP contribution >= 0.6 is 11.8 Å². The van der Waals surface area contributed by atoms with Crippen molar-refractivity contribution in [2.24, 2.45) is 5.73 Å². The summed E-state index contributed by atoms with van der Waals surface area (Å²) >= 11 is 1.62. The molecule has 2 rings (SSSR count). The largest absolute Gasteiger partial charge is 0.368 e. The third kappa shape index (κ3) is 2.05. The number of hydrogen-bond donors (Lipinski definition) is 3. The van der Waals surface area contributed by atoms with Gasteiger partial charge in [-0.3, -0.25) is 9.89 Å². The monoisotopic (exact) mass is 241 g/mol. The maximum atomic E-state index is 11.4. The van der Waals surface area contributed by atoms with Crippen molar-refractivity contribution in [3.63, 3.8) is 0 Å². The van der Waals surface area contributed by atoms with E-state index in [0.29, 0.717) is 5.25 Å². The Bertz CT molecular complexity index is 368. The van der Waals surface area contributed by atoms with Gasteiger partial charge < -0.3 is 11.1 Å². The second-order valence-electron chi connectivity index (χ2n) is 3.97. The van der Waals surface area contributed by atoms with E-state index in [2.05, 4.69) is 20.5 Å². The summed E-state index contributed by atoms with van der Waals surface area (Å²) in [4.78, 5) is 15.5. The zero-order chi connectivity index (χ0) is 11.6. The Morgan fingerprint density at radius 1 is 1.81 bits per heavy atom. The van der Waals surface area contributed by atoms with Crippen molar-refractivity contribution in [2.45, 2.75) is 35.2 Å². The number of likely N-dealkylation sites (N-methyl/N-ethyl adjacent to an activating group) is 1. The molecule has 0 aromatic carbocycles. The van der Waals surface area contributed by atoms with Crippen LogP contribution in [0.2, 0.25) is 0 Å². The molecule has 0 bridgehead atoms. The normalized spacial score (nSPS) is 29.4. The molecule has 1 fully saturated rings. The number of carbonyl (C=O) groups is 1. The summed E-state index contributed by atoms with van der Waals surface area (Å²) in [6, 6.07) is 0. The number of aromatic nitrogens is 3. The average molecular weight is 241 g/mol. The maximum Gasteiger partial charge on any atom is 0.237 e. The lowest BCUT2D eigenvalue weighted by molar-refractivity contribution is -0.124. The van der Waals surface area contributed by atoms with E-state index in [9.17, 15) is 4.79 Å². The summed E-state index contributed by atoms with van der Waals surface area (Å²) in [6.07, 6.45) is 3.96. The highest BCUT2D eigenvalue weighted by Crippen LogP contribution is 2.38. The van der Waals surface area contributed by atoms with E-state index >= 15 is 0 Å². The number of nitrogens with one attached hydrogen (secondary N) is 2. The first kappa shape index (κ1) is 11.4. The first-order chi connectivity index (χ1) is 7.66. The van der Waals surface area contributed by atoms with Gasteiger partial charge in [-0.1, -0.05) is 11.8 Å². The van der Waals surface area contributed by atoms with Gasteiger partial charge in [0.05, 0.1) is 5.54 Å². The molecule has 16 heavy (non-hydrogen) atoms. The van der Waals surface area contributed by atoms with Crippen molar-refractivity contribution in [1.29, 1.82) is 0 Å². The average Bonchev–Trinajstić information content (AvgIpc) is 2.88. The Morgan fingerprint density at radius 3 is 3.12 bits per heavy atom. The number of nitrogens with two attached hydrogens (primary N) is 1. The molecule has 1 aromatic rings. The quantitative estimate of drug-likeness (QED) is 0.683. The lowest BCUT2D eigenvalue weighted by Crippen LogP contribution is -2.52. The molecule has 1 saturated carbocycles. The lowest BCUT2D eigenvalue weighted by atomic mass is 9.97. The van der Waals surface area contributed by atoms with Crippen molar-refractivity contribution in [3.8, 4) is 0 Å². The molecule has 4 N–H and O–H groups in total. The van der Waals surface area contributed by atoms with E-state index in [4.69, 9.17) is 5.73 Å². The number of H-pyrrole nitrogens is 1. The minimum Gasteiger partial charge on any atom is -0.368 e. The molecule has 2 unspecified atom stereocenters. The number of amides is 1. The first-order valence-electron chi connectivity index (χ1n) is 5.17. The van der Waals surface area contributed by atoms with E-state index in [0.717, 1.165) is 24.4 Å². The molecular formula is C9H15N5OS.